The number of ether oxygens (including phenoxy) is 1. The number of nitrogens with one attached hydrogen (secondary N) is 2. The van der Waals surface area contributed by atoms with E-state index in [9.17, 15) is 4.79 Å². The first-order valence-corrected chi connectivity index (χ1v) is 7.90. The molecule has 2 atom stereocenters. The van der Waals surface area contributed by atoms with E-state index < -0.39 is 5.60 Å². The Morgan fingerprint density at radius 3 is 2.85 bits per heavy atom. The maximum absolute atomic E-state index is 11.7. The second-order valence-corrected chi connectivity index (χ2v) is 7.17. The van der Waals surface area contributed by atoms with Crippen molar-refractivity contribution in [1.82, 2.24) is 15.6 Å². The average molecular weight is 297 g/mol. The molecule has 0 radical (unpaired) electrons. The van der Waals surface area contributed by atoms with Crippen molar-refractivity contribution < 1.29 is 9.53 Å². The van der Waals surface area contributed by atoms with E-state index in [0.29, 0.717) is 6.04 Å². The highest BCUT2D eigenvalue weighted by molar-refractivity contribution is 7.09. The van der Waals surface area contributed by atoms with E-state index in [4.69, 9.17) is 4.74 Å². The molecule has 0 aliphatic heterocycles. The van der Waals surface area contributed by atoms with Gasteiger partial charge in [-0.25, -0.2) is 4.79 Å². The zero-order valence-electron chi connectivity index (χ0n) is 12.3. The molecule has 6 heteroatoms. The van der Waals surface area contributed by atoms with Crippen LogP contribution in [0.2, 0.25) is 0 Å². The second-order valence-electron chi connectivity index (χ2n) is 6.20. The van der Waals surface area contributed by atoms with Gasteiger partial charge in [-0.05, 0) is 40.0 Å². The van der Waals surface area contributed by atoms with Crippen LogP contribution in [0.4, 0.5) is 4.79 Å². The van der Waals surface area contributed by atoms with Crippen LogP contribution in [-0.2, 0) is 11.3 Å². The Labute approximate surface area is 124 Å². The smallest absolute Gasteiger partial charge is 0.407 e. The van der Waals surface area contributed by atoms with Gasteiger partial charge in [0.2, 0.25) is 0 Å². The Balaban J connectivity index is 1.68. The highest BCUT2D eigenvalue weighted by atomic mass is 32.1. The second kappa shape index (κ2) is 6.54. The fourth-order valence-corrected chi connectivity index (χ4v) is 2.89. The SMILES string of the molecule is CC(C)(C)OC(=O)NC1CCC(NCc2cncs2)C1. The third-order valence-corrected chi connectivity index (χ3v) is 3.98. The highest BCUT2D eigenvalue weighted by Gasteiger charge is 2.27. The lowest BCUT2D eigenvalue weighted by Crippen LogP contribution is -2.38. The number of thiazole rings is 1. The lowest BCUT2D eigenvalue weighted by Gasteiger charge is -2.21. The number of aromatic nitrogens is 1. The van der Waals surface area contributed by atoms with Crippen LogP contribution >= 0.6 is 11.3 Å². The molecular weight excluding hydrogens is 274 g/mol. The monoisotopic (exact) mass is 297 g/mol. The molecule has 1 aromatic rings. The molecule has 5 nitrogen and oxygen atoms in total. The summed E-state index contributed by atoms with van der Waals surface area (Å²) in [7, 11) is 0. The Kier molecular flexibility index (Phi) is 4.99. The molecule has 0 bridgehead atoms. The first-order valence-electron chi connectivity index (χ1n) is 7.02. The summed E-state index contributed by atoms with van der Waals surface area (Å²) in [5.74, 6) is 0. The molecule has 2 rings (SSSR count). The first-order chi connectivity index (χ1) is 9.42. The first kappa shape index (κ1) is 15.3. The molecule has 0 aromatic carbocycles. The van der Waals surface area contributed by atoms with Crippen molar-refractivity contribution in [2.75, 3.05) is 0 Å². The summed E-state index contributed by atoms with van der Waals surface area (Å²) in [6.07, 6.45) is 4.62. The number of carbonyl (C=O) groups is 1. The summed E-state index contributed by atoms with van der Waals surface area (Å²) in [5, 5.41) is 6.46. The fraction of sp³-hybridized carbons (Fsp3) is 0.714. The van der Waals surface area contributed by atoms with Gasteiger partial charge in [-0.1, -0.05) is 0 Å². The fourth-order valence-electron chi connectivity index (χ4n) is 2.35. The number of rotatable bonds is 4. The summed E-state index contributed by atoms with van der Waals surface area (Å²) in [4.78, 5) is 17.0. The molecule has 0 spiro atoms. The van der Waals surface area contributed by atoms with Crippen LogP contribution in [0.15, 0.2) is 11.7 Å². The molecule has 0 saturated heterocycles. The molecule has 2 N–H and O–H groups in total. The van der Waals surface area contributed by atoms with Crippen LogP contribution in [0.25, 0.3) is 0 Å². The van der Waals surface area contributed by atoms with Crippen LogP contribution in [0.5, 0.6) is 0 Å². The number of amides is 1. The van der Waals surface area contributed by atoms with Crippen LogP contribution < -0.4 is 10.6 Å². The van der Waals surface area contributed by atoms with Crippen LogP contribution in [0, 0.1) is 0 Å². The predicted octanol–water partition coefficient (Wildman–Crippen LogP) is 2.68. The van der Waals surface area contributed by atoms with Gasteiger partial charge in [0.15, 0.2) is 0 Å². The predicted molar refractivity (Wildman–Crippen MR) is 79.8 cm³/mol. The Morgan fingerprint density at radius 2 is 2.20 bits per heavy atom. The molecule has 1 aromatic heterocycles. The van der Waals surface area contributed by atoms with Gasteiger partial charge < -0.3 is 15.4 Å². The topological polar surface area (TPSA) is 63.2 Å². The van der Waals surface area contributed by atoms with Gasteiger partial charge in [-0.15, -0.1) is 11.3 Å². The highest BCUT2D eigenvalue weighted by Crippen LogP contribution is 2.20. The van der Waals surface area contributed by atoms with Crippen molar-refractivity contribution >= 4 is 17.4 Å². The van der Waals surface area contributed by atoms with Gasteiger partial charge in [0, 0.05) is 29.7 Å². The van der Waals surface area contributed by atoms with Gasteiger partial charge in [-0.3, -0.25) is 4.98 Å². The molecule has 1 aliphatic carbocycles. The van der Waals surface area contributed by atoms with E-state index in [1.165, 1.54) is 4.88 Å². The van der Waals surface area contributed by atoms with E-state index >= 15 is 0 Å². The van der Waals surface area contributed by atoms with Crippen molar-refractivity contribution in [3.05, 3.63) is 16.6 Å². The lowest BCUT2D eigenvalue weighted by molar-refractivity contribution is 0.0505. The van der Waals surface area contributed by atoms with E-state index in [2.05, 4.69) is 15.6 Å². The molecule has 2 unspecified atom stereocenters. The van der Waals surface area contributed by atoms with Crippen molar-refractivity contribution in [2.45, 2.75) is 64.3 Å². The normalized spacial score (nSPS) is 22.8. The van der Waals surface area contributed by atoms with Gasteiger partial charge in [0.25, 0.3) is 0 Å². The van der Waals surface area contributed by atoms with Crippen molar-refractivity contribution in [2.24, 2.45) is 0 Å². The molecule has 1 heterocycles. The largest absolute Gasteiger partial charge is 0.444 e. The minimum absolute atomic E-state index is 0.212. The minimum atomic E-state index is -0.438. The average Bonchev–Trinajstić information content (AvgIpc) is 2.94. The molecule has 1 amide bonds. The number of hydrogen-bond donors (Lipinski definition) is 2. The van der Waals surface area contributed by atoms with Crippen molar-refractivity contribution in [3.63, 3.8) is 0 Å². The maximum Gasteiger partial charge on any atom is 0.407 e. The quantitative estimate of drug-likeness (QED) is 0.897. The Hall–Kier alpha value is -1.14. The van der Waals surface area contributed by atoms with Crippen molar-refractivity contribution in [1.29, 1.82) is 0 Å². The van der Waals surface area contributed by atoms with Crippen LogP contribution in [0.3, 0.4) is 0 Å². The lowest BCUT2D eigenvalue weighted by atomic mass is 10.2. The van der Waals surface area contributed by atoms with Gasteiger partial charge in [0.05, 0.1) is 5.51 Å². The Morgan fingerprint density at radius 1 is 1.45 bits per heavy atom. The van der Waals surface area contributed by atoms with E-state index in [1.807, 2.05) is 32.5 Å². The molecular formula is C14H23N3O2S. The van der Waals surface area contributed by atoms with Gasteiger partial charge in [-0.2, -0.15) is 0 Å². The summed E-state index contributed by atoms with van der Waals surface area (Å²) < 4.78 is 5.28. The third-order valence-electron chi connectivity index (χ3n) is 3.20. The van der Waals surface area contributed by atoms with Crippen LogP contribution in [0.1, 0.15) is 44.9 Å². The summed E-state index contributed by atoms with van der Waals surface area (Å²) >= 11 is 1.66. The van der Waals surface area contributed by atoms with Crippen LogP contribution in [-0.4, -0.2) is 28.8 Å². The van der Waals surface area contributed by atoms with E-state index in [-0.39, 0.29) is 12.1 Å². The standard InChI is InChI=1S/C14H23N3O2S/c1-14(2,3)19-13(18)17-11-5-4-10(6-11)16-8-12-7-15-9-20-12/h7,9-11,16H,4-6,8H2,1-3H3,(H,17,18). The number of nitrogens with zero attached hydrogens (tertiary/aromatic N) is 1. The zero-order valence-corrected chi connectivity index (χ0v) is 13.1. The maximum atomic E-state index is 11.7. The summed E-state index contributed by atoms with van der Waals surface area (Å²) in [6.45, 7) is 6.48. The summed E-state index contributed by atoms with van der Waals surface area (Å²) in [6, 6.07) is 0.667. The number of carbonyl (C=O) groups excluding carboxylic acids is 1. The number of alkyl carbamates (subject to hydrolysis) is 1. The van der Waals surface area contributed by atoms with E-state index in [1.54, 1.807) is 11.3 Å². The van der Waals surface area contributed by atoms with Gasteiger partial charge in [0.1, 0.15) is 5.60 Å². The molecule has 20 heavy (non-hydrogen) atoms. The minimum Gasteiger partial charge on any atom is -0.444 e. The Bertz CT molecular complexity index is 428. The molecule has 112 valence electrons. The van der Waals surface area contributed by atoms with Gasteiger partial charge >= 0.3 is 6.09 Å². The molecule has 1 aliphatic rings. The molecule has 1 saturated carbocycles. The number of hydrogen-bond acceptors (Lipinski definition) is 5. The zero-order chi connectivity index (χ0) is 14.6. The third kappa shape index (κ3) is 5.09. The molecule has 1 fully saturated rings. The van der Waals surface area contributed by atoms with E-state index in [0.717, 1.165) is 25.8 Å². The summed E-state index contributed by atoms with van der Waals surface area (Å²) in [5.41, 5.74) is 1.41. The van der Waals surface area contributed by atoms with Crippen molar-refractivity contribution in [3.8, 4) is 0 Å².